The molecule has 1 heterocycles. The number of hydrogen-bond acceptors (Lipinski definition) is 1. The minimum absolute atomic E-state index is 0.00431. The Balaban J connectivity index is 2.28. The molecule has 0 amide bonds. The van der Waals surface area contributed by atoms with Crippen molar-refractivity contribution in [1.82, 2.24) is 0 Å². The van der Waals surface area contributed by atoms with Crippen molar-refractivity contribution in [3.05, 3.63) is 33.4 Å². The van der Waals surface area contributed by atoms with Gasteiger partial charge in [-0.05, 0) is 47.2 Å². The normalized spacial score (nSPS) is 28.2. The van der Waals surface area contributed by atoms with Crippen LogP contribution in [-0.2, 0) is 10.3 Å². The Hall–Kier alpha value is -0.0900. The maximum absolute atomic E-state index is 5.54. The molecule has 0 spiro atoms. The maximum Gasteiger partial charge on any atom is 0.0925 e. The number of halogens is 1. The lowest BCUT2D eigenvalue weighted by Crippen LogP contribution is -2.37. The van der Waals surface area contributed by atoms with E-state index in [0.29, 0.717) is 0 Å². The summed E-state index contributed by atoms with van der Waals surface area (Å²) < 4.78 is 6.82. The molecule has 0 aliphatic carbocycles. The summed E-state index contributed by atoms with van der Waals surface area (Å²) in [6.45, 7) is 3.06. The van der Waals surface area contributed by atoms with Crippen molar-refractivity contribution in [3.63, 3.8) is 0 Å². The Bertz CT molecular complexity index is 274. The molecule has 64 valence electrons. The molecule has 2 heteroatoms. The Kier molecular flexibility index (Phi) is 2.12. The monoisotopic (exact) mass is 274 g/mol. The second kappa shape index (κ2) is 3.00. The van der Waals surface area contributed by atoms with Gasteiger partial charge in [-0.15, -0.1) is 0 Å². The summed E-state index contributed by atoms with van der Waals surface area (Å²) in [5.74, 6) is 0. The maximum atomic E-state index is 5.54. The van der Waals surface area contributed by atoms with Gasteiger partial charge in [0.15, 0.2) is 0 Å². The molecule has 1 unspecified atom stereocenters. The van der Waals surface area contributed by atoms with Gasteiger partial charge < -0.3 is 4.74 Å². The molecular weight excluding hydrogens is 263 g/mol. The predicted octanol–water partition coefficient (Wildman–Crippen LogP) is 2.93. The van der Waals surface area contributed by atoms with Crippen LogP contribution < -0.4 is 0 Å². The molecule has 1 aromatic carbocycles. The Morgan fingerprint density at radius 3 is 2.33 bits per heavy atom. The van der Waals surface area contributed by atoms with Crippen molar-refractivity contribution in [1.29, 1.82) is 0 Å². The zero-order valence-electron chi connectivity index (χ0n) is 7.01. The average Bonchev–Trinajstić information content (AvgIpc) is 2.02. The standard InChI is InChI=1S/C10H11IO/c1-10(6-7-12-10)8-2-4-9(11)5-3-8/h2-5H,6-7H2,1H3. The van der Waals surface area contributed by atoms with Gasteiger partial charge in [0.25, 0.3) is 0 Å². The second-order valence-electron chi connectivity index (χ2n) is 3.34. The van der Waals surface area contributed by atoms with Gasteiger partial charge in [0, 0.05) is 9.99 Å². The predicted molar refractivity (Wildman–Crippen MR) is 57.1 cm³/mol. The van der Waals surface area contributed by atoms with E-state index in [2.05, 4.69) is 53.8 Å². The van der Waals surface area contributed by atoms with E-state index in [-0.39, 0.29) is 5.60 Å². The van der Waals surface area contributed by atoms with Crippen molar-refractivity contribution in [2.45, 2.75) is 18.9 Å². The van der Waals surface area contributed by atoms with Crippen molar-refractivity contribution in [2.75, 3.05) is 6.61 Å². The van der Waals surface area contributed by atoms with Crippen LogP contribution in [0.15, 0.2) is 24.3 Å². The lowest BCUT2D eigenvalue weighted by molar-refractivity contribution is -0.140. The highest BCUT2D eigenvalue weighted by Gasteiger charge is 2.34. The molecular formula is C10H11IO. The summed E-state index contributed by atoms with van der Waals surface area (Å²) >= 11 is 2.31. The summed E-state index contributed by atoms with van der Waals surface area (Å²) in [7, 11) is 0. The Labute approximate surface area is 86.3 Å². The molecule has 1 saturated heterocycles. The van der Waals surface area contributed by atoms with Crippen LogP contribution in [0.25, 0.3) is 0 Å². The summed E-state index contributed by atoms with van der Waals surface area (Å²) in [5, 5.41) is 0. The average molecular weight is 274 g/mol. The molecule has 1 atom stereocenters. The summed E-state index contributed by atoms with van der Waals surface area (Å²) in [4.78, 5) is 0. The van der Waals surface area contributed by atoms with E-state index in [4.69, 9.17) is 4.74 Å². The van der Waals surface area contributed by atoms with E-state index in [0.717, 1.165) is 13.0 Å². The van der Waals surface area contributed by atoms with E-state index in [1.165, 1.54) is 9.13 Å². The molecule has 1 aromatic rings. The van der Waals surface area contributed by atoms with Crippen molar-refractivity contribution in [2.24, 2.45) is 0 Å². The first-order valence-corrected chi connectivity index (χ1v) is 5.19. The van der Waals surface area contributed by atoms with E-state index < -0.39 is 0 Å². The van der Waals surface area contributed by atoms with Crippen LogP contribution in [0.2, 0.25) is 0 Å². The molecule has 0 bridgehead atoms. The van der Waals surface area contributed by atoms with Gasteiger partial charge in [0.2, 0.25) is 0 Å². The van der Waals surface area contributed by atoms with E-state index in [1.807, 2.05) is 0 Å². The van der Waals surface area contributed by atoms with Gasteiger partial charge in [-0.2, -0.15) is 0 Å². The van der Waals surface area contributed by atoms with Gasteiger partial charge >= 0.3 is 0 Å². The summed E-state index contributed by atoms with van der Waals surface area (Å²) in [6.07, 6.45) is 1.15. The first kappa shape index (κ1) is 8.51. The third-order valence-corrected chi connectivity index (χ3v) is 3.17. The lowest BCUT2D eigenvalue weighted by atomic mass is 9.89. The molecule has 2 rings (SSSR count). The van der Waals surface area contributed by atoms with Gasteiger partial charge in [-0.1, -0.05) is 12.1 Å². The SMILES string of the molecule is CC1(c2ccc(I)cc2)CCO1. The smallest absolute Gasteiger partial charge is 0.0925 e. The Morgan fingerprint density at radius 2 is 1.92 bits per heavy atom. The number of ether oxygens (including phenoxy) is 1. The minimum Gasteiger partial charge on any atom is -0.370 e. The van der Waals surface area contributed by atoms with Gasteiger partial charge in [0.1, 0.15) is 0 Å². The molecule has 0 saturated carbocycles. The molecule has 1 nitrogen and oxygen atoms in total. The molecule has 12 heavy (non-hydrogen) atoms. The van der Waals surface area contributed by atoms with Crippen molar-refractivity contribution in [3.8, 4) is 0 Å². The van der Waals surface area contributed by atoms with Crippen LogP contribution >= 0.6 is 22.6 Å². The fourth-order valence-corrected chi connectivity index (χ4v) is 1.80. The van der Waals surface area contributed by atoms with Crippen LogP contribution in [0.5, 0.6) is 0 Å². The molecule has 1 fully saturated rings. The summed E-state index contributed by atoms with van der Waals surface area (Å²) in [5.41, 5.74) is 1.30. The molecule has 0 N–H and O–H groups in total. The highest BCUT2D eigenvalue weighted by Crippen LogP contribution is 2.36. The van der Waals surface area contributed by atoms with Crippen LogP contribution in [0.3, 0.4) is 0 Å². The molecule has 1 aliphatic heterocycles. The Morgan fingerprint density at radius 1 is 1.33 bits per heavy atom. The van der Waals surface area contributed by atoms with Crippen LogP contribution in [0, 0.1) is 3.57 Å². The molecule has 1 aliphatic rings. The number of benzene rings is 1. The van der Waals surface area contributed by atoms with E-state index >= 15 is 0 Å². The zero-order valence-corrected chi connectivity index (χ0v) is 9.17. The fourth-order valence-electron chi connectivity index (χ4n) is 1.44. The second-order valence-corrected chi connectivity index (χ2v) is 4.58. The van der Waals surface area contributed by atoms with Gasteiger partial charge in [-0.3, -0.25) is 0 Å². The van der Waals surface area contributed by atoms with Crippen molar-refractivity contribution < 1.29 is 4.74 Å². The molecule has 0 radical (unpaired) electrons. The zero-order chi connectivity index (χ0) is 8.60. The van der Waals surface area contributed by atoms with Crippen LogP contribution in [0.1, 0.15) is 18.9 Å². The van der Waals surface area contributed by atoms with E-state index in [9.17, 15) is 0 Å². The largest absolute Gasteiger partial charge is 0.370 e. The lowest BCUT2D eigenvalue weighted by Gasteiger charge is -2.39. The third kappa shape index (κ3) is 1.38. The highest BCUT2D eigenvalue weighted by atomic mass is 127. The quantitative estimate of drug-likeness (QED) is 0.715. The van der Waals surface area contributed by atoms with E-state index in [1.54, 1.807) is 0 Å². The molecule has 0 aromatic heterocycles. The number of hydrogen-bond donors (Lipinski definition) is 0. The third-order valence-electron chi connectivity index (χ3n) is 2.45. The van der Waals surface area contributed by atoms with Gasteiger partial charge in [-0.25, -0.2) is 0 Å². The minimum atomic E-state index is 0.00431. The highest BCUT2D eigenvalue weighted by molar-refractivity contribution is 14.1. The number of rotatable bonds is 1. The van der Waals surface area contributed by atoms with Crippen LogP contribution in [0.4, 0.5) is 0 Å². The van der Waals surface area contributed by atoms with Crippen molar-refractivity contribution >= 4 is 22.6 Å². The van der Waals surface area contributed by atoms with Gasteiger partial charge in [0.05, 0.1) is 12.2 Å². The topological polar surface area (TPSA) is 9.23 Å². The fraction of sp³-hybridized carbons (Fsp3) is 0.400. The first-order valence-electron chi connectivity index (χ1n) is 4.11. The first-order chi connectivity index (χ1) is 5.71. The summed E-state index contributed by atoms with van der Waals surface area (Å²) in [6, 6.07) is 8.56. The van der Waals surface area contributed by atoms with Crippen LogP contribution in [-0.4, -0.2) is 6.61 Å².